The van der Waals surface area contributed by atoms with Crippen molar-refractivity contribution in [3.63, 3.8) is 0 Å². The van der Waals surface area contributed by atoms with Gasteiger partial charge >= 0.3 is 5.97 Å². The first kappa shape index (κ1) is 11.0. The first-order valence-electron chi connectivity index (χ1n) is 4.82. The molecule has 0 saturated carbocycles. The minimum Gasteiger partial charge on any atom is -0.480 e. The zero-order valence-electron chi connectivity index (χ0n) is 8.40. The van der Waals surface area contributed by atoms with Crippen molar-refractivity contribution in [2.45, 2.75) is 12.5 Å². The molecule has 0 amide bonds. The number of nitrogens with two attached hydrogens (primary N) is 1. The maximum atomic E-state index is 10.7. The molecule has 1 aromatic heterocycles. The minimum absolute atomic E-state index is 0.287. The van der Waals surface area contributed by atoms with Gasteiger partial charge in [-0.3, -0.25) is 4.79 Å². The van der Waals surface area contributed by atoms with Gasteiger partial charge in [-0.05, 0) is 23.8 Å². The largest absolute Gasteiger partial charge is 0.480 e. The van der Waals surface area contributed by atoms with Gasteiger partial charge in [-0.2, -0.15) is 0 Å². The second-order valence-electron chi connectivity index (χ2n) is 3.65. The first-order chi connectivity index (χ1) is 7.58. The van der Waals surface area contributed by atoms with Gasteiger partial charge < -0.3 is 15.8 Å². The number of rotatable bonds is 3. The predicted octanol–water partition coefficient (Wildman–Crippen LogP) is 1.78. The summed E-state index contributed by atoms with van der Waals surface area (Å²) in [6.45, 7) is 0. The molecule has 0 aliphatic rings. The van der Waals surface area contributed by atoms with Gasteiger partial charge in [0.2, 0.25) is 0 Å². The van der Waals surface area contributed by atoms with Gasteiger partial charge in [0.15, 0.2) is 0 Å². The molecule has 0 fully saturated rings. The fourth-order valence-corrected chi connectivity index (χ4v) is 1.82. The molecule has 5 heteroatoms. The lowest BCUT2D eigenvalue weighted by molar-refractivity contribution is -0.138. The van der Waals surface area contributed by atoms with Crippen LogP contribution in [0.2, 0.25) is 5.02 Å². The Labute approximate surface area is 97.0 Å². The van der Waals surface area contributed by atoms with Crippen molar-refractivity contribution < 1.29 is 9.90 Å². The van der Waals surface area contributed by atoms with E-state index in [-0.39, 0.29) is 6.42 Å². The van der Waals surface area contributed by atoms with E-state index in [9.17, 15) is 4.79 Å². The van der Waals surface area contributed by atoms with E-state index in [0.29, 0.717) is 5.02 Å². The number of hydrogen-bond donors (Lipinski definition) is 3. The van der Waals surface area contributed by atoms with E-state index in [4.69, 9.17) is 22.4 Å². The molecule has 4 nitrogen and oxygen atoms in total. The van der Waals surface area contributed by atoms with Crippen molar-refractivity contribution in [1.82, 2.24) is 4.98 Å². The van der Waals surface area contributed by atoms with Gasteiger partial charge in [0.05, 0.1) is 0 Å². The van der Waals surface area contributed by atoms with Crippen molar-refractivity contribution >= 4 is 28.5 Å². The highest BCUT2D eigenvalue weighted by Gasteiger charge is 2.14. The van der Waals surface area contributed by atoms with Crippen LogP contribution in [0.4, 0.5) is 0 Å². The highest BCUT2D eigenvalue weighted by atomic mass is 35.5. The van der Waals surface area contributed by atoms with Crippen molar-refractivity contribution in [3.8, 4) is 0 Å². The number of carbonyl (C=O) groups is 1. The standard InChI is InChI=1S/C11H11ClN2O2/c12-7-1-2-10-8(4-7)6(5-14-10)3-9(13)11(15)16/h1-2,4-5,9,14H,3,13H2,(H,15,16). The van der Waals surface area contributed by atoms with Crippen molar-refractivity contribution in [3.05, 3.63) is 35.0 Å². The molecule has 1 unspecified atom stereocenters. The molecule has 0 aliphatic carbocycles. The average molecular weight is 239 g/mol. The third kappa shape index (κ3) is 2.03. The van der Waals surface area contributed by atoms with Crippen molar-refractivity contribution in [2.24, 2.45) is 5.73 Å². The Bertz CT molecular complexity index is 536. The van der Waals surface area contributed by atoms with E-state index >= 15 is 0 Å². The Morgan fingerprint density at radius 3 is 3.00 bits per heavy atom. The fraction of sp³-hybridized carbons (Fsp3) is 0.182. The molecule has 16 heavy (non-hydrogen) atoms. The van der Waals surface area contributed by atoms with Gasteiger partial charge in [0.1, 0.15) is 6.04 Å². The maximum absolute atomic E-state index is 10.7. The zero-order chi connectivity index (χ0) is 11.7. The molecular weight excluding hydrogens is 228 g/mol. The van der Waals surface area contributed by atoms with Crippen LogP contribution in [0.1, 0.15) is 5.56 Å². The molecule has 0 bridgehead atoms. The molecule has 2 rings (SSSR count). The summed E-state index contributed by atoms with van der Waals surface area (Å²) in [5, 5.41) is 10.3. The number of benzene rings is 1. The molecule has 0 aliphatic heterocycles. The van der Waals surface area contributed by atoms with Crippen LogP contribution in [-0.2, 0) is 11.2 Å². The molecule has 1 aromatic carbocycles. The van der Waals surface area contributed by atoms with Gasteiger partial charge in [-0.15, -0.1) is 0 Å². The third-order valence-corrected chi connectivity index (χ3v) is 2.72. The Balaban J connectivity index is 2.37. The number of H-pyrrole nitrogens is 1. The number of halogens is 1. The highest BCUT2D eigenvalue weighted by Crippen LogP contribution is 2.23. The number of carboxylic acids is 1. The molecule has 1 atom stereocenters. The van der Waals surface area contributed by atoms with Gasteiger partial charge in [0, 0.05) is 28.5 Å². The summed E-state index contributed by atoms with van der Waals surface area (Å²) in [7, 11) is 0. The van der Waals surface area contributed by atoms with Gasteiger partial charge in [0.25, 0.3) is 0 Å². The van der Waals surface area contributed by atoms with Crippen LogP contribution >= 0.6 is 11.6 Å². The lowest BCUT2D eigenvalue weighted by Crippen LogP contribution is -2.32. The fourth-order valence-electron chi connectivity index (χ4n) is 1.64. The highest BCUT2D eigenvalue weighted by molar-refractivity contribution is 6.31. The SMILES string of the molecule is NC(Cc1c[nH]c2ccc(Cl)cc12)C(=O)O. The molecular formula is C11H11ClN2O2. The summed E-state index contributed by atoms with van der Waals surface area (Å²) in [5.74, 6) is -1.00. The van der Waals surface area contributed by atoms with Crippen LogP contribution in [0.25, 0.3) is 10.9 Å². The van der Waals surface area contributed by atoms with Crippen LogP contribution in [0.5, 0.6) is 0 Å². The Morgan fingerprint density at radius 1 is 1.56 bits per heavy atom. The minimum atomic E-state index is -1.00. The number of aliphatic carboxylic acids is 1. The second-order valence-corrected chi connectivity index (χ2v) is 4.09. The summed E-state index contributed by atoms with van der Waals surface area (Å²) >= 11 is 5.89. The molecule has 84 valence electrons. The zero-order valence-corrected chi connectivity index (χ0v) is 9.16. The second kappa shape index (κ2) is 4.15. The Kier molecular flexibility index (Phi) is 2.85. The van der Waals surface area contributed by atoms with E-state index in [2.05, 4.69) is 4.98 Å². The number of carboxylic acid groups (broad SMARTS) is 1. The monoisotopic (exact) mass is 238 g/mol. The lowest BCUT2D eigenvalue weighted by Gasteiger charge is -2.04. The summed E-state index contributed by atoms with van der Waals surface area (Å²) in [6, 6.07) is 4.55. The summed E-state index contributed by atoms with van der Waals surface area (Å²) in [6.07, 6.45) is 2.06. The number of hydrogen-bond acceptors (Lipinski definition) is 2. The predicted molar refractivity (Wildman–Crippen MR) is 62.6 cm³/mol. The van der Waals surface area contributed by atoms with Crippen LogP contribution in [0, 0.1) is 0 Å². The van der Waals surface area contributed by atoms with E-state index < -0.39 is 12.0 Å². The smallest absolute Gasteiger partial charge is 0.320 e. The van der Waals surface area contributed by atoms with E-state index in [0.717, 1.165) is 16.5 Å². The average Bonchev–Trinajstić information content (AvgIpc) is 2.61. The molecule has 1 heterocycles. The van der Waals surface area contributed by atoms with Gasteiger partial charge in [-0.1, -0.05) is 11.6 Å². The number of nitrogens with one attached hydrogen (secondary N) is 1. The Morgan fingerprint density at radius 2 is 2.31 bits per heavy atom. The maximum Gasteiger partial charge on any atom is 0.320 e. The van der Waals surface area contributed by atoms with E-state index in [1.165, 1.54) is 0 Å². The molecule has 0 spiro atoms. The number of aromatic amines is 1. The van der Waals surface area contributed by atoms with Crippen LogP contribution in [0.15, 0.2) is 24.4 Å². The van der Waals surface area contributed by atoms with Gasteiger partial charge in [-0.25, -0.2) is 0 Å². The van der Waals surface area contributed by atoms with Crippen LogP contribution < -0.4 is 5.73 Å². The third-order valence-electron chi connectivity index (χ3n) is 2.49. The van der Waals surface area contributed by atoms with Crippen LogP contribution in [0.3, 0.4) is 0 Å². The van der Waals surface area contributed by atoms with Crippen LogP contribution in [-0.4, -0.2) is 22.1 Å². The molecule has 2 aromatic rings. The van der Waals surface area contributed by atoms with Crippen molar-refractivity contribution in [2.75, 3.05) is 0 Å². The first-order valence-corrected chi connectivity index (χ1v) is 5.19. The normalized spacial score (nSPS) is 12.9. The molecule has 0 saturated heterocycles. The van der Waals surface area contributed by atoms with E-state index in [1.54, 1.807) is 18.3 Å². The number of aromatic nitrogens is 1. The molecule has 0 radical (unpaired) electrons. The van der Waals surface area contributed by atoms with E-state index in [1.807, 2.05) is 6.07 Å². The quantitative estimate of drug-likeness (QED) is 0.763. The summed E-state index contributed by atoms with van der Waals surface area (Å²) in [5.41, 5.74) is 7.29. The Hall–Kier alpha value is -1.52. The molecule has 4 N–H and O–H groups in total. The topological polar surface area (TPSA) is 79.1 Å². The lowest BCUT2D eigenvalue weighted by atomic mass is 10.1. The number of fused-ring (bicyclic) bond motifs is 1. The van der Waals surface area contributed by atoms with Crippen molar-refractivity contribution in [1.29, 1.82) is 0 Å². The summed E-state index contributed by atoms with van der Waals surface area (Å²) < 4.78 is 0. The summed E-state index contributed by atoms with van der Waals surface area (Å²) in [4.78, 5) is 13.7.